The van der Waals surface area contributed by atoms with Crippen LogP contribution in [0.2, 0.25) is 6.32 Å². The van der Waals surface area contributed by atoms with Crippen LogP contribution in [0.5, 0.6) is 0 Å². The van der Waals surface area contributed by atoms with Crippen molar-refractivity contribution in [2.24, 2.45) is 0 Å². The van der Waals surface area contributed by atoms with Crippen molar-refractivity contribution in [2.75, 3.05) is 30.4 Å². The van der Waals surface area contributed by atoms with E-state index in [0.29, 0.717) is 6.71 Å². The third-order valence-electron chi connectivity index (χ3n) is 4.66. The molecule has 0 amide bonds. The summed E-state index contributed by atoms with van der Waals surface area (Å²) in [5.41, 5.74) is 7.44. The van der Waals surface area contributed by atoms with E-state index in [1.54, 1.807) is 10.9 Å². The molecular weight excluding hydrogens is 219 g/mol. The molecule has 0 fully saturated rings. The standard InChI is InChI=1S/C15H17BN2/c1-17-10-9-16-11-5-3-6-12(11)18(2)14-8-4-7-13(17)15(14)16/h3-5,7-8H,6,9-10H2,1-2H3. The molecule has 2 aliphatic heterocycles. The predicted molar refractivity (Wildman–Crippen MR) is 79.1 cm³/mol. The second-order valence-corrected chi connectivity index (χ2v) is 5.54. The topological polar surface area (TPSA) is 6.48 Å². The van der Waals surface area contributed by atoms with Gasteiger partial charge in [-0.05, 0) is 23.9 Å². The maximum atomic E-state index is 2.40. The zero-order chi connectivity index (χ0) is 12.3. The summed E-state index contributed by atoms with van der Waals surface area (Å²) in [5, 5.41) is 0. The van der Waals surface area contributed by atoms with Crippen LogP contribution in [0.15, 0.2) is 41.5 Å². The minimum absolute atomic E-state index is 0.623. The smallest absolute Gasteiger partial charge is 0.218 e. The van der Waals surface area contributed by atoms with Gasteiger partial charge >= 0.3 is 0 Å². The molecule has 1 aliphatic carbocycles. The van der Waals surface area contributed by atoms with Gasteiger partial charge in [0.25, 0.3) is 0 Å². The van der Waals surface area contributed by atoms with E-state index in [-0.39, 0.29) is 0 Å². The first-order valence-corrected chi connectivity index (χ1v) is 6.74. The van der Waals surface area contributed by atoms with Crippen molar-refractivity contribution in [1.29, 1.82) is 0 Å². The normalized spacial score (nSPS) is 20.4. The second kappa shape index (κ2) is 3.44. The number of benzene rings is 1. The number of anilines is 2. The minimum Gasteiger partial charge on any atom is -0.376 e. The number of hydrogen-bond donors (Lipinski definition) is 0. The molecule has 3 aliphatic rings. The molecule has 0 N–H and O–H groups in total. The molecule has 2 heterocycles. The number of allylic oxidation sites excluding steroid dienone is 3. The zero-order valence-corrected chi connectivity index (χ0v) is 11.0. The van der Waals surface area contributed by atoms with Crippen molar-refractivity contribution < 1.29 is 0 Å². The Morgan fingerprint density at radius 2 is 2.00 bits per heavy atom. The van der Waals surface area contributed by atoms with Crippen LogP contribution in [0, 0.1) is 0 Å². The summed E-state index contributed by atoms with van der Waals surface area (Å²) >= 11 is 0. The van der Waals surface area contributed by atoms with Gasteiger partial charge in [-0.2, -0.15) is 0 Å². The highest BCUT2D eigenvalue weighted by molar-refractivity contribution is 6.84. The molecule has 3 heteroatoms. The highest BCUT2D eigenvalue weighted by atomic mass is 15.1. The summed E-state index contributed by atoms with van der Waals surface area (Å²) in [6, 6.07) is 6.73. The number of fused-ring (bicyclic) bond motifs is 1. The summed E-state index contributed by atoms with van der Waals surface area (Å²) < 4.78 is 0. The average molecular weight is 236 g/mol. The average Bonchev–Trinajstić information content (AvgIpc) is 2.87. The van der Waals surface area contributed by atoms with E-state index in [1.165, 1.54) is 23.4 Å². The molecule has 1 aromatic carbocycles. The SMILES string of the molecule is CN1CCB2C3=C(CC=C3)N(C)c3cccc1c32. The van der Waals surface area contributed by atoms with Crippen molar-refractivity contribution in [3.63, 3.8) is 0 Å². The molecule has 0 atom stereocenters. The van der Waals surface area contributed by atoms with Crippen LogP contribution >= 0.6 is 0 Å². The van der Waals surface area contributed by atoms with Gasteiger partial charge in [0.1, 0.15) is 0 Å². The molecule has 2 nitrogen and oxygen atoms in total. The summed E-state index contributed by atoms with van der Waals surface area (Å²) in [6.07, 6.45) is 7.01. The molecule has 1 aromatic rings. The quantitative estimate of drug-likeness (QED) is 0.636. The Bertz CT molecular complexity index is 588. The molecule has 0 saturated carbocycles. The van der Waals surface area contributed by atoms with E-state index >= 15 is 0 Å². The van der Waals surface area contributed by atoms with Crippen molar-refractivity contribution in [3.05, 3.63) is 41.5 Å². The van der Waals surface area contributed by atoms with Crippen LogP contribution in [-0.2, 0) is 0 Å². The first-order valence-electron chi connectivity index (χ1n) is 6.74. The van der Waals surface area contributed by atoms with Gasteiger partial charge in [0, 0.05) is 44.1 Å². The summed E-state index contributed by atoms with van der Waals surface area (Å²) in [5.74, 6) is 0. The Hall–Kier alpha value is -1.64. The summed E-state index contributed by atoms with van der Waals surface area (Å²) in [7, 11) is 4.42. The zero-order valence-electron chi connectivity index (χ0n) is 11.0. The van der Waals surface area contributed by atoms with Gasteiger partial charge in [-0.25, -0.2) is 0 Å². The Morgan fingerprint density at radius 3 is 2.89 bits per heavy atom. The minimum atomic E-state index is 0.623. The lowest BCUT2D eigenvalue weighted by atomic mass is 9.35. The lowest BCUT2D eigenvalue weighted by Gasteiger charge is -2.40. The van der Waals surface area contributed by atoms with E-state index in [9.17, 15) is 0 Å². The lowest BCUT2D eigenvalue weighted by Crippen LogP contribution is -2.49. The maximum Gasteiger partial charge on any atom is 0.218 e. The van der Waals surface area contributed by atoms with Gasteiger partial charge < -0.3 is 9.80 Å². The molecule has 0 aromatic heterocycles. The van der Waals surface area contributed by atoms with E-state index in [1.807, 2.05) is 0 Å². The Balaban J connectivity index is 1.99. The highest BCUT2D eigenvalue weighted by Gasteiger charge is 2.38. The number of nitrogens with zero attached hydrogens (tertiary/aromatic N) is 2. The van der Waals surface area contributed by atoms with Crippen LogP contribution in [0.4, 0.5) is 11.4 Å². The van der Waals surface area contributed by atoms with Crippen LogP contribution in [-0.4, -0.2) is 27.4 Å². The first kappa shape index (κ1) is 10.3. The predicted octanol–water partition coefficient (Wildman–Crippen LogP) is 2.04. The largest absolute Gasteiger partial charge is 0.376 e. The van der Waals surface area contributed by atoms with Crippen LogP contribution in [0.3, 0.4) is 0 Å². The van der Waals surface area contributed by atoms with Gasteiger partial charge in [-0.1, -0.05) is 23.7 Å². The fourth-order valence-corrected chi connectivity index (χ4v) is 3.73. The van der Waals surface area contributed by atoms with Crippen LogP contribution < -0.4 is 15.3 Å². The fourth-order valence-electron chi connectivity index (χ4n) is 3.73. The first-order chi connectivity index (χ1) is 8.77. The Morgan fingerprint density at radius 1 is 1.17 bits per heavy atom. The molecular formula is C15H17BN2. The van der Waals surface area contributed by atoms with Gasteiger partial charge in [0.15, 0.2) is 0 Å². The Kier molecular flexibility index (Phi) is 1.97. The molecule has 0 radical (unpaired) electrons. The molecule has 90 valence electrons. The molecule has 18 heavy (non-hydrogen) atoms. The Labute approximate surface area is 109 Å². The van der Waals surface area contributed by atoms with Crippen LogP contribution in [0.1, 0.15) is 6.42 Å². The summed E-state index contributed by atoms with van der Waals surface area (Å²) in [6.45, 7) is 1.78. The number of hydrogen-bond acceptors (Lipinski definition) is 2. The van der Waals surface area contributed by atoms with Gasteiger partial charge in [-0.3, -0.25) is 0 Å². The third-order valence-corrected chi connectivity index (χ3v) is 4.66. The van der Waals surface area contributed by atoms with Crippen molar-refractivity contribution in [1.82, 2.24) is 0 Å². The number of rotatable bonds is 0. The molecule has 4 rings (SSSR count). The van der Waals surface area contributed by atoms with Gasteiger partial charge in [-0.15, -0.1) is 0 Å². The second-order valence-electron chi connectivity index (χ2n) is 5.54. The molecule has 0 spiro atoms. The van der Waals surface area contributed by atoms with Gasteiger partial charge in [0.05, 0.1) is 0 Å². The van der Waals surface area contributed by atoms with E-state index in [4.69, 9.17) is 0 Å². The summed E-state index contributed by atoms with van der Waals surface area (Å²) in [4.78, 5) is 4.79. The third kappa shape index (κ3) is 1.14. The lowest BCUT2D eigenvalue weighted by molar-refractivity contribution is 0.939. The van der Waals surface area contributed by atoms with Crippen molar-refractivity contribution in [3.8, 4) is 0 Å². The van der Waals surface area contributed by atoms with Gasteiger partial charge in [0.2, 0.25) is 6.71 Å². The van der Waals surface area contributed by atoms with Crippen molar-refractivity contribution in [2.45, 2.75) is 12.7 Å². The van der Waals surface area contributed by atoms with Crippen LogP contribution in [0.25, 0.3) is 0 Å². The maximum absolute atomic E-state index is 2.40. The van der Waals surface area contributed by atoms with E-state index in [0.717, 1.165) is 13.0 Å². The molecule has 0 saturated heterocycles. The highest BCUT2D eigenvalue weighted by Crippen LogP contribution is 2.37. The monoisotopic (exact) mass is 236 g/mol. The molecule has 0 bridgehead atoms. The van der Waals surface area contributed by atoms with E-state index < -0.39 is 0 Å². The van der Waals surface area contributed by atoms with E-state index in [2.05, 4.69) is 54.2 Å². The fraction of sp³-hybridized carbons (Fsp3) is 0.333. The van der Waals surface area contributed by atoms with Crippen molar-refractivity contribution >= 4 is 23.6 Å². The molecule has 0 unspecified atom stereocenters.